The van der Waals surface area contributed by atoms with E-state index in [-0.39, 0.29) is 6.10 Å². The van der Waals surface area contributed by atoms with E-state index in [0.29, 0.717) is 17.6 Å². The maximum atomic E-state index is 10.8. The molecule has 1 aliphatic heterocycles. The molecular formula is C7H12O2S. The van der Waals surface area contributed by atoms with Crippen molar-refractivity contribution in [3.63, 3.8) is 0 Å². The highest BCUT2D eigenvalue weighted by Gasteiger charge is 2.24. The van der Waals surface area contributed by atoms with Crippen LogP contribution in [0.4, 0.5) is 0 Å². The van der Waals surface area contributed by atoms with Crippen molar-refractivity contribution in [1.29, 1.82) is 0 Å². The van der Waals surface area contributed by atoms with Gasteiger partial charge in [-0.3, -0.25) is 4.21 Å². The third-order valence-electron chi connectivity index (χ3n) is 1.72. The minimum atomic E-state index is -0.745. The zero-order valence-electron chi connectivity index (χ0n) is 6.08. The van der Waals surface area contributed by atoms with Crippen molar-refractivity contribution in [3.05, 3.63) is 12.7 Å². The van der Waals surface area contributed by atoms with Gasteiger partial charge in [-0.05, 0) is 0 Å². The third-order valence-corrected chi connectivity index (χ3v) is 2.82. The molecule has 0 aromatic carbocycles. The van der Waals surface area contributed by atoms with Gasteiger partial charge in [0, 0.05) is 16.7 Å². The van der Waals surface area contributed by atoms with E-state index >= 15 is 0 Å². The van der Waals surface area contributed by atoms with Gasteiger partial charge >= 0.3 is 0 Å². The first kappa shape index (κ1) is 7.95. The first-order valence-corrected chi connectivity index (χ1v) is 4.82. The van der Waals surface area contributed by atoms with Gasteiger partial charge in [0.25, 0.3) is 0 Å². The van der Waals surface area contributed by atoms with Crippen molar-refractivity contribution in [2.75, 3.05) is 11.7 Å². The molecule has 58 valence electrons. The summed E-state index contributed by atoms with van der Waals surface area (Å²) in [4.78, 5) is 0. The van der Waals surface area contributed by atoms with Crippen molar-refractivity contribution >= 4 is 10.8 Å². The fourth-order valence-corrected chi connectivity index (χ4v) is 2.09. The van der Waals surface area contributed by atoms with E-state index in [9.17, 15) is 4.21 Å². The lowest BCUT2D eigenvalue weighted by atomic mass is 10.1. The van der Waals surface area contributed by atoms with Gasteiger partial charge in [0.2, 0.25) is 0 Å². The minimum absolute atomic E-state index is 0.137. The third kappa shape index (κ3) is 1.67. The van der Waals surface area contributed by atoms with Crippen molar-refractivity contribution in [2.45, 2.75) is 13.0 Å². The summed E-state index contributed by atoms with van der Waals surface area (Å²) in [6.07, 6.45) is 1.98. The minimum Gasteiger partial charge on any atom is -0.363 e. The lowest BCUT2D eigenvalue weighted by Gasteiger charge is -2.11. The predicted molar refractivity (Wildman–Crippen MR) is 42.1 cm³/mol. The van der Waals surface area contributed by atoms with Crippen molar-refractivity contribution in [1.82, 2.24) is 0 Å². The van der Waals surface area contributed by atoms with Crippen molar-refractivity contribution in [3.8, 4) is 0 Å². The molecular weight excluding hydrogens is 148 g/mol. The highest BCUT2D eigenvalue weighted by Crippen LogP contribution is 2.15. The number of hydrogen-bond acceptors (Lipinski definition) is 2. The lowest BCUT2D eigenvalue weighted by molar-refractivity contribution is 0.0962. The summed E-state index contributed by atoms with van der Waals surface area (Å²) in [5.74, 6) is 1.40. The van der Waals surface area contributed by atoms with Gasteiger partial charge in [-0.25, -0.2) is 0 Å². The van der Waals surface area contributed by atoms with E-state index in [4.69, 9.17) is 4.74 Å². The van der Waals surface area contributed by atoms with Crippen LogP contribution in [0.15, 0.2) is 12.7 Å². The molecule has 2 nitrogen and oxygen atoms in total. The quantitative estimate of drug-likeness (QED) is 0.561. The monoisotopic (exact) mass is 160 g/mol. The van der Waals surface area contributed by atoms with Crippen molar-refractivity contribution in [2.24, 2.45) is 5.92 Å². The smallest absolute Gasteiger partial charge is 0.122 e. The summed E-state index contributed by atoms with van der Waals surface area (Å²) in [5.41, 5.74) is 0. The topological polar surface area (TPSA) is 26.3 Å². The molecule has 0 saturated carbocycles. The molecule has 10 heavy (non-hydrogen) atoms. The molecule has 0 aliphatic carbocycles. The number of rotatable bonds is 2. The zero-order chi connectivity index (χ0) is 7.56. The largest absolute Gasteiger partial charge is 0.363 e. The lowest BCUT2D eigenvalue weighted by Crippen LogP contribution is -2.17. The Morgan fingerprint density at radius 3 is 3.00 bits per heavy atom. The maximum absolute atomic E-state index is 10.8. The van der Waals surface area contributed by atoms with E-state index in [2.05, 4.69) is 6.58 Å². The average Bonchev–Trinajstić information content (AvgIpc) is 2.34. The fourth-order valence-electron chi connectivity index (χ4n) is 0.898. The molecule has 3 heteroatoms. The Balaban J connectivity index is 2.43. The highest BCUT2D eigenvalue weighted by atomic mass is 32.2. The summed E-state index contributed by atoms with van der Waals surface area (Å²) in [5, 5.41) is 0. The molecule has 0 amide bonds. The SMILES string of the molecule is C=CC(C)C1CS(=O)CO1. The Morgan fingerprint density at radius 2 is 2.60 bits per heavy atom. The van der Waals surface area contributed by atoms with Crippen LogP contribution in [0.5, 0.6) is 0 Å². The Bertz CT molecular complexity index is 156. The first-order chi connectivity index (χ1) is 4.74. The van der Waals surface area contributed by atoms with Gasteiger partial charge in [0.15, 0.2) is 0 Å². The summed E-state index contributed by atoms with van der Waals surface area (Å²) in [6, 6.07) is 0. The second-order valence-corrected chi connectivity index (χ2v) is 3.97. The van der Waals surface area contributed by atoms with Crippen LogP contribution in [-0.4, -0.2) is 22.0 Å². The van der Waals surface area contributed by atoms with E-state index in [1.54, 1.807) is 0 Å². The van der Waals surface area contributed by atoms with Crippen molar-refractivity contribution < 1.29 is 8.95 Å². The van der Waals surface area contributed by atoms with E-state index < -0.39 is 10.8 Å². The average molecular weight is 160 g/mol. The molecule has 1 saturated heterocycles. The van der Waals surface area contributed by atoms with Gasteiger partial charge in [0.1, 0.15) is 5.94 Å². The molecule has 0 N–H and O–H groups in total. The first-order valence-electron chi connectivity index (χ1n) is 3.33. The standard InChI is InChI=1S/C7H12O2S/c1-3-6(2)7-4-10(8)5-9-7/h3,6-7H,1,4-5H2,2H3. The van der Waals surface area contributed by atoms with E-state index in [1.807, 2.05) is 13.0 Å². The molecule has 1 heterocycles. The Morgan fingerprint density at radius 1 is 1.90 bits per heavy atom. The Labute approximate surface area is 63.7 Å². The normalized spacial score (nSPS) is 35.7. The molecule has 0 bridgehead atoms. The highest BCUT2D eigenvalue weighted by molar-refractivity contribution is 7.85. The number of hydrogen-bond donors (Lipinski definition) is 0. The molecule has 1 aliphatic rings. The molecule has 0 spiro atoms. The predicted octanol–water partition coefficient (Wildman–Crippen LogP) is 0.913. The van der Waals surface area contributed by atoms with Crippen LogP contribution in [0.25, 0.3) is 0 Å². The second-order valence-electron chi connectivity index (χ2n) is 2.52. The molecule has 0 radical (unpaired) electrons. The fraction of sp³-hybridized carbons (Fsp3) is 0.714. The van der Waals surface area contributed by atoms with E-state index in [1.165, 1.54) is 0 Å². The van der Waals surface area contributed by atoms with Crippen LogP contribution in [-0.2, 0) is 15.5 Å². The van der Waals surface area contributed by atoms with Crippen LogP contribution in [0.3, 0.4) is 0 Å². The molecule has 3 unspecified atom stereocenters. The Kier molecular flexibility index (Phi) is 2.63. The summed E-state index contributed by atoms with van der Waals surface area (Å²) >= 11 is 0. The van der Waals surface area contributed by atoms with Crippen LogP contribution >= 0.6 is 0 Å². The van der Waals surface area contributed by atoms with Crippen LogP contribution in [0.2, 0.25) is 0 Å². The van der Waals surface area contributed by atoms with E-state index in [0.717, 1.165) is 0 Å². The zero-order valence-corrected chi connectivity index (χ0v) is 6.89. The summed E-state index contributed by atoms with van der Waals surface area (Å²) in [7, 11) is -0.745. The summed E-state index contributed by atoms with van der Waals surface area (Å²) < 4.78 is 16.1. The number of ether oxygens (including phenoxy) is 1. The molecule has 3 atom stereocenters. The molecule has 0 aromatic heterocycles. The van der Waals surface area contributed by atoms with Gasteiger partial charge in [-0.2, -0.15) is 0 Å². The van der Waals surface area contributed by atoms with Gasteiger partial charge in [-0.15, -0.1) is 6.58 Å². The van der Waals surface area contributed by atoms with Gasteiger partial charge < -0.3 is 4.74 Å². The Hall–Kier alpha value is -0.150. The molecule has 0 aromatic rings. The maximum Gasteiger partial charge on any atom is 0.122 e. The van der Waals surface area contributed by atoms with Gasteiger partial charge in [-0.1, -0.05) is 13.0 Å². The second kappa shape index (κ2) is 3.30. The molecule has 1 fully saturated rings. The van der Waals surface area contributed by atoms with Crippen LogP contribution in [0, 0.1) is 5.92 Å². The summed E-state index contributed by atoms with van der Waals surface area (Å²) in [6.45, 7) is 5.68. The van der Waals surface area contributed by atoms with Crippen LogP contribution in [0.1, 0.15) is 6.92 Å². The van der Waals surface area contributed by atoms with Gasteiger partial charge in [0.05, 0.1) is 11.9 Å². The molecule has 1 rings (SSSR count). The van der Waals surface area contributed by atoms with Crippen LogP contribution < -0.4 is 0 Å².